The molecule has 1 saturated heterocycles. The number of halogens is 2. The standard InChI is InChI=1S/C27H28F2N4O4/c1-16-3-5-22-24(33(16)17(2)34)8-6-21(26(22)37-25-13-19(28)4-7-23(25)29)18-14-30-32(15-18)20-9-11-31(12-10-20)27(35)36/h4,6-8,13-16,20H,3,5,9-12H2,1-2H3,(H,35,36). The molecular formula is C27H28F2N4O4. The lowest BCUT2D eigenvalue weighted by Crippen LogP contribution is -2.40. The SMILES string of the molecule is CC(=O)N1c2ccc(-c3cnn(C4CCN(C(=O)O)CC4)c3)c(Oc3cc(F)ccc3F)c2CCC1C. The van der Waals surface area contributed by atoms with Crippen LogP contribution < -0.4 is 9.64 Å². The van der Waals surface area contributed by atoms with Crippen molar-refractivity contribution in [1.29, 1.82) is 0 Å². The molecule has 0 spiro atoms. The highest BCUT2D eigenvalue weighted by molar-refractivity contribution is 5.95. The van der Waals surface area contributed by atoms with Crippen LogP contribution in [0.15, 0.2) is 42.7 Å². The van der Waals surface area contributed by atoms with E-state index in [9.17, 15) is 23.5 Å². The van der Waals surface area contributed by atoms with Crippen molar-refractivity contribution in [2.45, 2.75) is 51.6 Å². The summed E-state index contributed by atoms with van der Waals surface area (Å²) in [6.07, 6.45) is 5.21. The van der Waals surface area contributed by atoms with Crippen molar-refractivity contribution < 1.29 is 28.2 Å². The van der Waals surface area contributed by atoms with E-state index in [1.165, 1.54) is 11.8 Å². The maximum absolute atomic E-state index is 14.6. The number of piperidine rings is 1. The molecule has 2 aromatic carbocycles. The van der Waals surface area contributed by atoms with Gasteiger partial charge in [-0.15, -0.1) is 0 Å². The van der Waals surface area contributed by atoms with Gasteiger partial charge < -0.3 is 19.6 Å². The van der Waals surface area contributed by atoms with Gasteiger partial charge in [-0.1, -0.05) is 0 Å². The number of likely N-dealkylation sites (tertiary alicyclic amines) is 1. The average molecular weight is 511 g/mol. The minimum atomic E-state index is -0.922. The highest BCUT2D eigenvalue weighted by atomic mass is 19.1. The first-order chi connectivity index (χ1) is 17.7. The van der Waals surface area contributed by atoms with Crippen LogP contribution in [-0.4, -0.2) is 50.9 Å². The number of rotatable bonds is 4. The molecule has 1 fully saturated rings. The third-order valence-corrected chi connectivity index (χ3v) is 7.21. The van der Waals surface area contributed by atoms with Gasteiger partial charge in [-0.3, -0.25) is 9.48 Å². The topological polar surface area (TPSA) is 87.9 Å². The quantitative estimate of drug-likeness (QED) is 0.492. The van der Waals surface area contributed by atoms with E-state index in [4.69, 9.17) is 4.74 Å². The number of nitrogens with zero attached hydrogens (tertiary/aromatic N) is 4. The van der Waals surface area contributed by atoms with Crippen molar-refractivity contribution >= 4 is 17.7 Å². The molecule has 0 radical (unpaired) electrons. The molecule has 3 heterocycles. The summed E-state index contributed by atoms with van der Waals surface area (Å²) >= 11 is 0. The van der Waals surface area contributed by atoms with E-state index in [1.807, 2.05) is 29.9 Å². The molecule has 1 N–H and O–H groups in total. The summed E-state index contributed by atoms with van der Waals surface area (Å²) in [6.45, 7) is 4.34. The highest BCUT2D eigenvalue weighted by Crippen LogP contribution is 2.45. The molecule has 37 heavy (non-hydrogen) atoms. The first kappa shape index (κ1) is 24.7. The lowest BCUT2D eigenvalue weighted by molar-refractivity contribution is -0.117. The van der Waals surface area contributed by atoms with Crippen LogP contribution in [0.5, 0.6) is 11.5 Å². The predicted molar refractivity (Wildman–Crippen MR) is 133 cm³/mol. The zero-order chi connectivity index (χ0) is 26.3. The summed E-state index contributed by atoms with van der Waals surface area (Å²) in [5.74, 6) is -1.30. The fourth-order valence-electron chi connectivity index (χ4n) is 5.29. The Morgan fingerprint density at radius 2 is 1.86 bits per heavy atom. The number of carbonyl (C=O) groups is 2. The Labute approximate surface area is 213 Å². The maximum atomic E-state index is 14.6. The monoisotopic (exact) mass is 510 g/mol. The normalized spacial score (nSPS) is 18.0. The van der Waals surface area contributed by atoms with Crippen LogP contribution in [0.3, 0.4) is 0 Å². The Morgan fingerprint density at radius 1 is 1.11 bits per heavy atom. The second-order valence-electron chi connectivity index (χ2n) is 9.60. The van der Waals surface area contributed by atoms with E-state index < -0.39 is 17.7 Å². The van der Waals surface area contributed by atoms with Gasteiger partial charge in [0.05, 0.1) is 17.9 Å². The summed E-state index contributed by atoms with van der Waals surface area (Å²) in [5.41, 5.74) is 2.81. The summed E-state index contributed by atoms with van der Waals surface area (Å²) in [4.78, 5) is 26.8. The zero-order valence-corrected chi connectivity index (χ0v) is 20.7. The third-order valence-electron chi connectivity index (χ3n) is 7.21. The Bertz CT molecular complexity index is 1350. The first-order valence-electron chi connectivity index (χ1n) is 12.3. The second-order valence-corrected chi connectivity index (χ2v) is 9.60. The molecule has 1 unspecified atom stereocenters. The third kappa shape index (κ3) is 4.75. The average Bonchev–Trinajstić information content (AvgIpc) is 3.36. The van der Waals surface area contributed by atoms with Crippen LogP contribution in [0.2, 0.25) is 0 Å². The van der Waals surface area contributed by atoms with Crippen molar-refractivity contribution in [3.63, 3.8) is 0 Å². The lowest BCUT2D eigenvalue weighted by atomic mass is 9.92. The number of ether oxygens (including phenoxy) is 1. The van der Waals surface area contributed by atoms with E-state index in [2.05, 4.69) is 5.10 Å². The van der Waals surface area contributed by atoms with Gasteiger partial charge in [-0.05, 0) is 56.9 Å². The van der Waals surface area contributed by atoms with Gasteiger partial charge in [0.25, 0.3) is 0 Å². The smallest absolute Gasteiger partial charge is 0.407 e. The van der Waals surface area contributed by atoms with E-state index in [0.29, 0.717) is 55.8 Å². The fourth-order valence-corrected chi connectivity index (χ4v) is 5.29. The molecule has 2 aliphatic heterocycles. The number of hydrogen-bond donors (Lipinski definition) is 1. The molecular weight excluding hydrogens is 482 g/mol. The van der Waals surface area contributed by atoms with Gasteiger partial charge in [0.2, 0.25) is 5.91 Å². The predicted octanol–water partition coefficient (Wildman–Crippen LogP) is 5.62. The van der Waals surface area contributed by atoms with Gasteiger partial charge in [0.15, 0.2) is 11.6 Å². The molecule has 5 rings (SSSR count). The molecule has 2 aliphatic rings. The number of hydrogen-bond acceptors (Lipinski definition) is 4. The molecule has 1 aromatic heterocycles. The Kier molecular flexibility index (Phi) is 6.57. The number of fused-ring (bicyclic) bond motifs is 1. The zero-order valence-electron chi connectivity index (χ0n) is 20.7. The molecule has 1 atom stereocenters. The summed E-state index contributed by atoms with van der Waals surface area (Å²) in [5, 5.41) is 13.7. The molecule has 0 saturated carbocycles. The Balaban J connectivity index is 1.55. The van der Waals surface area contributed by atoms with E-state index in [0.717, 1.165) is 29.3 Å². The molecule has 8 nitrogen and oxygen atoms in total. The number of aromatic nitrogens is 2. The molecule has 0 bridgehead atoms. The van der Waals surface area contributed by atoms with Crippen molar-refractivity contribution in [2.24, 2.45) is 0 Å². The van der Waals surface area contributed by atoms with Crippen LogP contribution in [0, 0.1) is 11.6 Å². The van der Waals surface area contributed by atoms with Crippen LogP contribution in [0.1, 0.15) is 44.7 Å². The van der Waals surface area contributed by atoms with Gasteiger partial charge in [-0.2, -0.15) is 5.10 Å². The minimum Gasteiger partial charge on any atom is -0.465 e. The number of carbonyl (C=O) groups excluding carboxylic acids is 1. The Morgan fingerprint density at radius 3 is 2.57 bits per heavy atom. The van der Waals surface area contributed by atoms with Crippen molar-refractivity contribution in [3.8, 4) is 22.6 Å². The number of anilines is 1. The van der Waals surface area contributed by atoms with Crippen LogP contribution in [0.25, 0.3) is 11.1 Å². The number of carboxylic acid groups (broad SMARTS) is 1. The van der Waals surface area contributed by atoms with Crippen LogP contribution in [0.4, 0.5) is 19.3 Å². The van der Waals surface area contributed by atoms with Gasteiger partial charge in [-0.25, -0.2) is 13.6 Å². The van der Waals surface area contributed by atoms with Gasteiger partial charge >= 0.3 is 6.09 Å². The van der Waals surface area contributed by atoms with Gasteiger partial charge in [0.1, 0.15) is 11.6 Å². The first-order valence-corrected chi connectivity index (χ1v) is 12.3. The summed E-state index contributed by atoms with van der Waals surface area (Å²) in [7, 11) is 0. The molecule has 2 amide bonds. The molecule has 194 valence electrons. The van der Waals surface area contributed by atoms with E-state index in [-0.39, 0.29) is 23.7 Å². The molecule has 0 aliphatic carbocycles. The van der Waals surface area contributed by atoms with Crippen molar-refractivity contribution in [3.05, 3.63) is 59.9 Å². The summed E-state index contributed by atoms with van der Waals surface area (Å²) < 4.78 is 36.5. The minimum absolute atomic E-state index is 0.00553. The second kappa shape index (κ2) is 9.84. The largest absolute Gasteiger partial charge is 0.465 e. The molecule has 10 heteroatoms. The molecule has 3 aromatic rings. The number of amides is 2. The van der Waals surface area contributed by atoms with Crippen LogP contribution in [-0.2, 0) is 11.2 Å². The highest BCUT2D eigenvalue weighted by Gasteiger charge is 2.31. The van der Waals surface area contributed by atoms with Gasteiger partial charge in [0, 0.05) is 55.0 Å². The Hall–Kier alpha value is -3.95. The summed E-state index contributed by atoms with van der Waals surface area (Å²) in [6, 6.07) is 6.77. The van der Waals surface area contributed by atoms with Crippen LogP contribution >= 0.6 is 0 Å². The number of benzene rings is 2. The van der Waals surface area contributed by atoms with E-state index in [1.54, 1.807) is 11.1 Å². The van der Waals surface area contributed by atoms with Crippen molar-refractivity contribution in [2.75, 3.05) is 18.0 Å². The maximum Gasteiger partial charge on any atom is 0.407 e. The lowest BCUT2D eigenvalue weighted by Gasteiger charge is -2.36. The van der Waals surface area contributed by atoms with E-state index >= 15 is 0 Å². The van der Waals surface area contributed by atoms with Crippen molar-refractivity contribution in [1.82, 2.24) is 14.7 Å². The fraction of sp³-hybridized carbons (Fsp3) is 0.370.